The molecule has 2 aliphatic heterocycles. The predicted octanol–water partition coefficient (Wildman–Crippen LogP) is 7.26. The van der Waals surface area contributed by atoms with Gasteiger partial charge in [0.15, 0.2) is 0 Å². The van der Waals surface area contributed by atoms with Crippen molar-refractivity contribution in [2.24, 2.45) is 5.92 Å². The Morgan fingerprint density at radius 1 is 1.00 bits per heavy atom. The zero-order valence-electron chi connectivity index (χ0n) is 29.4. The first-order chi connectivity index (χ1) is 24.4. The molecule has 1 amide bonds. The molecule has 0 radical (unpaired) electrons. The van der Waals surface area contributed by atoms with E-state index in [1.54, 1.807) is 6.33 Å². The van der Waals surface area contributed by atoms with Crippen LogP contribution in [0.2, 0.25) is 0 Å². The number of hydrogen-bond acceptors (Lipinski definition) is 7. The zero-order valence-corrected chi connectivity index (χ0v) is 30.2. The second-order valence-electron chi connectivity index (χ2n) is 12.9. The number of nitrogens with zero attached hydrogens (tertiary/aromatic N) is 3. The molecule has 0 aliphatic carbocycles. The van der Waals surface area contributed by atoms with E-state index in [2.05, 4.69) is 59.4 Å². The zero-order chi connectivity index (χ0) is 34.9. The van der Waals surface area contributed by atoms with Crippen molar-refractivity contribution in [2.45, 2.75) is 57.2 Å². The lowest BCUT2D eigenvalue weighted by molar-refractivity contribution is -0.112. The SMILES string of the molecule is CCCCOCCOc1ccc(-c2ccc3c(c2)C=C(C(=O)Nc2ccc(S(=O)Cc4c(C)ncn4CC)cc2)CCN3CC2COC2)cc1. The Bertz CT molecular complexity index is 1800. The van der Waals surface area contributed by atoms with Crippen LogP contribution in [0.5, 0.6) is 5.75 Å². The van der Waals surface area contributed by atoms with Crippen LogP contribution in [0.25, 0.3) is 17.2 Å². The topological polar surface area (TPSA) is 94.9 Å². The number of fused-ring (bicyclic) bond motifs is 1. The highest BCUT2D eigenvalue weighted by Gasteiger charge is 2.26. The van der Waals surface area contributed by atoms with Gasteiger partial charge in [0.05, 0.1) is 54.1 Å². The van der Waals surface area contributed by atoms with Gasteiger partial charge in [-0.15, -0.1) is 0 Å². The molecular formula is C40H48N4O5S. The number of unbranched alkanes of at least 4 members (excludes halogenated alkanes) is 1. The molecule has 1 aromatic heterocycles. The Balaban J connectivity index is 1.15. The molecule has 0 saturated carbocycles. The summed E-state index contributed by atoms with van der Waals surface area (Å²) < 4.78 is 32.2. The van der Waals surface area contributed by atoms with Crippen LogP contribution >= 0.6 is 0 Å². The van der Waals surface area contributed by atoms with E-state index in [-0.39, 0.29) is 5.91 Å². The van der Waals surface area contributed by atoms with Crippen LogP contribution in [-0.2, 0) is 37.4 Å². The molecule has 264 valence electrons. The van der Waals surface area contributed by atoms with Crippen molar-refractivity contribution in [3.63, 3.8) is 0 Å². The molecule has 1 unspecified atom stereocenters. The van der Waals surface area contributed by atoms with Crippen LogP contribution in [0.15, 0.2) is 83.5 Å². The predicted molar refractivity (Wildman–Crippen MR) is 200 cm³/mol. The Labute approximate surface area is 298 Å². The van der Waals surface area contributed by atoms with Crippen LogP contribution in [0.1, 0.15) is 50.1 Å². The highest BCUT2D eigenvalue weighted by Crippen LogP contribution is 2.34. The van der Waals surface area contributed by atoms with Gasteiger partial charge in [-0.05, 0) is 98.0 Å². The lowest BCUT2D eigenvalue weighted by Crippen LogP contribution is -2.40. The maximum absolute atomic E-state index is 13.7. The van der Waals surface area contributed by atoms with Crippen LogP contribution in [0.4, 0.5) is 11.4 Å². The summed E-state index contributed by atoms with van der Waals surface area (Å²) in [6.07, 6.45) is 6.63. The van der Waals surface area contributed by atoms with Gasteiger partial charge in [0.2, 0.25) is 0 Å². The van der Waals surface area contributed by atoms with Crippen molar-refractivity contribution in [3.05, 3.63) is 95.6 Å². The fourth-order valence-electron chi connectivity index (χ4n) is 6.23. The molecule has 3 aromatic carbocycles. The van der Waals surface area contributed by atoms with E-state index in [0.717, 1.165) is 97.4 Å². The first-order valence-electron chi connectivity index (χ1n) is 17.7. The van der Waals surface area contributed by atoms with Crippen molar-refractivity contribution in [1.29, 1.82) is 0 Å². The van der Waals surface area contributed by atoms with Gasteiger partial charge in [0.25, 0.3) is 5.91 Å². The minimum atomic E-state index is -1.23. The van der Waals surface area contributed by atoms with Gasteiger partial charge in [-0.3, -0.25) is 9.00 Å². The molecule has 1 N–H and O–H groups in total. The molecule has 0 spiro atoms. The number of imidazole rings is 1. The first-order valence-corrected chi connectivity index (χ1v) is 19.0. The molecular weight excluding hydrogens is 649 g/mol. The lowest BCUT2D eigenvalue weighted by atomic mass is 9.99. The monoisotopic (exact) mass is 696 g/mol. The van der Waals surface area contributed by atoms with Crippen LogP contribution in [-0.4, -0.2) is 65.8 Å². The molecule has 9 nitrogen and oxygen atoms in total. The highest BCUT2D eigenvalue weighted by molar-refractivity contribution is 7.84. The number of carbonyl (C=O) groups excluding carboxylic acids is 1. The molecule has 50 heavy (non-hydrogen) atoms. The largest absolute Gasteiger partial charge is 0.491 e. The number of anilines is 2. The lowest BCUT2D eigenvalue weighted by Gasteiger charge is -2.34. The standard InChI is InChI=1S/C40H48N4O5S/c1-4-6-19-47-20-21-49-36-12-7-31(8-13-36)32-9-16-38-34(22-32)23-33(17-18-44(38)24-30-25-48-26-30)40(45)42-35-10-14-37(15-11-35)50(46)27-39-29(3)41-28-43(39)5-2/h7-16,22-23,28,30H,4-6,17-21,24-27H2,1-3H3,(H,42,45). The van der Waals surface area contributed by atoms with E-state index >= 15 is 0 Å². The minimum Gasteiger partial charge on any atom is -0.491 e. The molecule has 1 fully saturated rings. The van der Waals surface area contributed by atoms with Crippen LogP contribution in [0, 0.1) is 12.8 Å². The number of aryl methyl sites for hydroxylation is 2. The molecule has 1 atom stereocenters. The number of hydrogen-bond donors (Lipinski definition) is 1. The number of amides is 1. The Morgan fingerprint density at radius 2 is 1.78 bits per heavy atom. The Hall–Kier alpha value is -4.25. The van der Waals surface area contributed by atoms with Gasteiger partial charge in [-0.2, -0.15) is 0 Å². The Morgan fingerprint density at radius 3 is 2.50 bits per heavy atom. The summed E-state index contributed by atoms with van der Waals surface area (Å²) in [4.78, 5) is 21.2. The van der Waals surface area contributed by atoms with E-state index in [9.17, 15) is 9.00 Å². The summed E-state index contributed by atoms with van der Waals surface area (Å²) in [7, 11) is -1.23. The maximum atomic E-state index is 13.7. The molecule has 1 saturated heterocycles. The van der Waals surface area contributed by atoms with Crippen molar-refractivity contribution in [2.75, 3.05) is 56.3 Å². The summed E-state index contributed by atoms with van der Waals surface area (Å²) in [6.45, 7) is 12.0. The summed E-state index contributed by atoms with van der Waals surface area (Å²) in [6, 6.07) is 21.9. The van der Waals surface area contributed by atoms with Gasteiger partial charge < -0.3 is 29.0 Å². The molecule has 10 heteroatoms. The van der Waals surface area contributed by atoms with Crippen LogP contribution < -0.4 is 15.0 Å². The van der Waals surface area contributed by atoms with Crippen molar-refractivity contribution in [1.82, 2.24) is 9.55 Å². The second-order valence-corrected chi connectivity index (χ2v) is 14.4. The average molecular weight is 697 g/mol. The van der Waals surface area contributed by atoms with Crippen molar-refractivity contribution in [3.8, 4) is 16.9 Å². The quantitative estimate of drug-likeness (QED) is 0.123. The van der Waals surface area contributed by atoms with Gasteiger partial charge in [-0.25, -0.2) is 4.98 Å². The van der Waals surface area contributed by atoms with Gasteiger partial charge in [0.1, 0.15) is 12.4 Å². The maximum Gasteiger partial charge on any atom is 0.251 e. The fourth-order valence-corrected chi connectivity index (χ4v) is 7.46. The number of ether oxygens (including phenoxy) is 3. The van der Waals surface area contributed by atoms with Crippen LogP contribution in [0.3, 0.4) is 0 Å². The average Bonchev–Trinajstić information content (AvgIpc) is 3.36. The number of nitrogens with one attached hydrogen (secondary N) is 1. The molecule has 3 heterocycles. The van der Waals surface area contributed by atoms with Gasteiger partial charge in [-0.1, -0.05) is 31.5 Å². The summed E-state index contributed by atoms with van der Waals surface area (Å²) in [5.74, 6) is 1.56. The van der Waals surface area contributed by atoms with E-state index in [1.165, 1.54) is 0 Å². The summed E-state index contributed by atoms with van der Waals surface area (Å²) in [5.41, 5.74) is 7.56. The number of carbonyl (C=O) groups is 1. The molecule has 6 rings (SSSR count). The summed E-state index contributed by atoms with van der Waals surface area (Å²) >= 11 is 0. The normalized spacial score (nSPS) is 15.1. The van der Waals surface area contributed by atoms with E-state index in [0.29, 0.717) is 41.9 Å². The third kappa shape index (κ3) is 8.91. The van der Waals surface area contributed by atoms with Gasteiger partial charge in [0, 0.05) is 54.0 Å². The summed E-state index contributed by atoms with van der Waals surface area (Å²) in [5, 5.41) is 3.09. The first kappa shape index (κ1) is 35.6. The number of benzene rings is 3. The molecule has 2 aliphatic rings. The van der Waals surface area contributed by atoms with Crippen molar-refractivity contribution < 1.29 is 23.2 Å². The third-order valence-electron chi connectivity index (χ3n) is 9.29. The van der Waals surface area contributed by atoms with Crippen molar-refractivity contribution >= 4 is 34.2 Å². The van der Waals surface area contributed by atoms with E-state index in [4.69, 9.17) is 14.2 Å². The highest BCUT2D eigenvalue weighted by atomic mass is 32.2. The third-order valence-corrected chi connectivity index (χ3v) is 10.6. The fraction of sp³-hybridized carbons (Fsp3) is 0.400. The second kappa shape index (κ2) is 17.1. The smallest absolute Gasteiger partial charge is 0.251 e. The molecule has 0 bridgehead atoms. The number of rotatable bonds is 16. The van der Waals surface area contributed by atoms with E-state index < -0.39 is 10.8 Å². The van der Waals surface area contributed by atoms with Gasteiger partial charge >= 0.3 is 0 Å². The van der Waals surface area contributed by atoms with E-state index in [1.807, 2.05) is 54.0 Å². The molecule has 4 aromatic rings. The minimum absolute atomic E-state index is 0.133. The Kier molecular flexibility index (Phi) is 12.2. The number of aromatic nitrogens is 2.